The maximum absolute atomic E-state index is 11.7. The summed E-state index contributed by atoms with van der Waals surface area (Å²) in [5, 5.41) is 14.5. The van der Waals surface area contributed by atoms with Crippen molar-refractivity contribution in [2.24, 2.45) is 0 Å². The first-order chi connectivity index (χ1) is 11.8. The van der Waals surface area contributed by atoms with Gasteiger partial charge in [0, 0.05) is 30.3 Å². The molecule has 0 aliphatic rings. The third-order valence-electron chi connectivity index (χ3n) is 3.62. The molecule has 2 aromatic carbocycles. The molecule has 9 heteroatoms. The van der Waals surface area contributed by atoms with E-state index >= 15 is 0 Å². The van der Waals surface area contributed by atoms with Crippen LogP contribution in [-0.4, -0.2) is 29.6 Å². The van der Waals surface area contributed by atoms with Gasteiger partial charge in [-0.2, -0.15) is 0 Å². The van der Waals surface area contributed by atoms with Crippen LogP contribution < -0.4 is 5.32 Å². The van der Waals surface area contributed by atoms with Crippen molar-refractivity contribution in [2.45, 2.75) is 11.4 Å². The number of aromatic nitrogens is 2. The molecule has 128 valence electrons. The quantitative estimate of drug-likeness (QED) is 0.550. The highest BCUT2D eigenvalue weighted by molar-refractivity contribution is 7.90. The molecule has 25 heavy (non-hydrogen) atoms. The van der Waals surface area contributed by atoms with E-state index in [2.05, 4.69) is 15.3 Å². The standard InChI is InChI=1S/C16H14N4O4S/c1-25(23,24)13-5-6-15-14(8-13)16(19-10-18-15)17-9-11-3-2-4-12(7-11)20(21)22/h2-8,10H,9H2,1H3,(H,17,18,19). The van der Waals surface area contributed by atoms with Crippen LogP contribution in [0.3, 0.4) is 0 Å². The van der Waals surface area contributed by atoms with Gasteiger partial charge < -0.3 is 5.32 Å². The lowest BCUT2D eigenvalue weighted by atomic mass is 10.2. The van der Waals surface area contributed by atoms with Gasteiger partial charge in [0.25, 0.3) is 5.69 Å². The van der Waals surface area contributed by atoms with E-state index in [9.17, 15) is 18.5 Å². The Kier molecular flexibility index (Phi) is 4.32. The minimum absolute atomic E-state index is 0.00575. The number of rotatable bonds is 5. The number of nitro benzene ring substituents is 1. The van der Waals surface area contributed by atoms with Crippen LogP contribution in [0.25, 0.3) is 10.9 Å². The molecule has 0 spiro atoms. The Hall–Kier alpha value is -3.07. The van der Waals surface area contributed by atoms with E-state index in [1.807, 2.05) is 0 Å². The first-order valence-corrected chi connectivity index (χ1v) is 9.16. The van der Waals surface area contributed by atoms with Crippen molar-refractivity contribution in [1.82, 2.24) is 9.97 Å². The van der Waals surface area contributed by atoms with Crippen molar-refractivity contribution in [2.75, 3.05) is 11.6 Å². The molecular weight excluding hydrogens is 344 g/mol. The lowest BCUT2D eigenvalue weighted by molar-refractivity contribution is -0.384. The Morgan fingerprint density at radius 1 is 1.16 bits per heavy atom. The molecule has 0 unspecified atom stereocenters. The highest BCUT2D eigenvalue weighted by Crippen LogP contribution is 2.23. The number of fused-ring (bicyclic) bond motifs is 1. The molecule has 0 fully saturated rings. The van der Waals surface area contributed by atoms with Gasteiger partial charge in [0.15, 0.2) is 9.84 Å². The number of sulfone groups is 1. The fraction of sp³-hybridized carbons (Fsp3) is 0.125. The molecule has 1 heterocycles. The van der Waals surface area contributed by atoms with Gasteiger partial charge in [-0.1, -0.05) is 12.1 Å². The van der Waals surface area contributed by atoms with Gasteiger partial charge in [-0.15, -0.1) is 0 Å². The Bertz CT molecular complexity index is 1070. The second-order valence-corrected chi connectivity index (χ2v) is 7.47. The zero-order valence-electron chi connectivity index (χ0n) is 13.2. The van der Waals surface area contributed by atoms with Crippen LogP contribution in [0.4, 0.5) is 11.5 Å². The van der Waals surface area contributed by atoms with E-state index in [0.29, 0.717) is 28.8 Å². The summed E-state index contributed by atoms with van der Waals surface area (Å²) in [6.45, 7) is 0.302. The predicted octanol–water partition coefficient (Wildman–Crippen LogP) is 2.55. The molecule has 0 bridgehead atoms. The van der Waals surface area contributed by atoms with Crippen molar-refractivity contribution >= 4 is 32.2 Å². The van der Waals surface area contributed by atoms with Crippen LogP contribution in [0.15, 0.2) is 53.7 Å². The molecule has 8 nitrogen and oxygen atoms in total. The summed E-state index contributed by atoms with van der Waals surface area (Å²) in [6, 6.07) is 10.9. The van der Waals surface area contributed by atoms with Crippen molar-refractivity contribution in [1.29, 1.82) is 0 Å². The molecule has 0 saturated heterocycles. The minimum Gasteiger partial charge on any atom is -0.365 e. The van der Waals surface area contributed by atoms with Crippen LogP contribution in [0.2, 0.25) is 0 Å². The molecule has 0 amide bonds. The van der Waals surface area contributed by atoms with Crippen LogP contribution in [0.1, 0.15) is 5.56 Å². The first-order valence-electron chi connectivity index (χ1n) is 7.26. The van der Waals surface area contributed by atoms with Gasteiger partial charge in [0.1, 0.15) is 12.1 Å². The summed E-state index contributed by atoms with van der Waals surface area (Å²) < 4.78 is 23.5. The van der Waals surface area contributed by atoms with Crippen molar-refractivity contribution in [3.05, 3.63) is 64.5 Å². The second-order valence-electron chi connectivity index (χ2n) is 5.45. The van der Waals surface area contributed by atoms with E-state index in [1.165, 1.54) is 30.6 Å². The Labute approximate surface area is 143 Å². The second kappa shape index (κ2) is 6.44. The molecule has 1 aromatic heterocycles. The third kappa shape index (κ3) is 3.72. The summed E-state index contributed by atoms with van der Waals surface area (Å²) in [7, 11) is -3.35. The number of nitrogens with zero attached hydrogens (tertiary/aromatic N) is 3. The maximum Gasteiger partial charge on any atom is 0.269 e. The molecule has 0 aliphatic carbocycles. The predicted molar refractivity (Wildman–Crippen MR) is 93.1 cm³/mol. The normalized spacial score (nSPS) is 11.4. The number of hydrogen-bond acceptors (Lipinski definition) is 7. The molecular formula is C16H14N4O4S. The summed E-state index contributed by atoms with van der Waals surface area (Å²) in [5.74, 6) is 0.460. The fourth-order valence-corrected chi connectivity index (χ4v) is 3.02. The zero-order chi connectivity index (χ0) is 18.0. The van der Waals surface area contributed by atoms with Gasteiger partial charge in [-0.25, -0.2) is 18.4 Å². The molecule has 0 aliphatic heterocycles. The average Bonchev–Trinajstić information content (AvgIpc) is 2.59. The number of anilines is 1. The van der Waals surface area contributed by atoms with E-state index in [0.717, 1.165) is 6.26 Å². The Morgan fingerprint density at radius 3 is 2.68 bits per heavy atom. The Morgan fingerprint density at radius 2 is 1.96 bits per heavy atom. The maximum atomic E-state index is 11.7. The molecule has 0 radical (unpaired) electrons. The highest BCUT2D eigenvalue weighted by atomic mass is 32.2. The van der Waals surface area contributed by atoms with E-state index in [4.69, 9.17) is 0 Å². The van der Waals surface area contributed by atoms with E-state index in [-0.39, 0.29) is 10.6 Å². The van der Waals surface area contributed by atoms with Crippen LogP contribution in [0.5, 0.6) is 0 Å². The van der Waals surface area contributed by atoms with Crippen molar-refractivity contribution in [3.63, 3.8) is 0 Å². The molecule has 3 rings (SSSR count). The van der Waals surface area contributed by atoms with Crippen molar-refractivity contribution < 1.29 is 13.3 Å². The van der Waals surface area contributed by atoms with E-state index in [1.54, 1.807) is 18.2 Å². The monoisotopic (exact) mass is 358 g/mol. The van der Waals surface area contributed by atoms with Gasteiger partial charge in [-0.05, 0) is 23.8 Å². The number of benzene rings is 2. The lowest BCUT2D eigenvalue weighted by Crippen LogP contribution is -2.04. The fourth-order valence-electron chi connectivity index (χ4n) is 2.37. The number of nitrogens with one attached hydrogen (secondary N) is 1. The summed E-state index contributed by atoms with van der Waals surface area (Å²) in [6.07, 6.45) is 2.51. The SMILES string of the molecule is CS(=O)(=O)c1ccc2ncnc(NCc3cccc([N+](=O)[O-])c3)c2c1. The Balaban J connectivity index is 1.93. The minimum atomic E-state index is -3.35. The lowest BCUT2D eigenvalue weighted by Gasteiger charge is -2.09. The zero-order valence-corrected chi connectivity index (χ0v) is 14.0. The van der Waals surface area contributed by atoms with Gasteiger partial charge in [0.2, 0.25) is 0 Å². The van der Waals surface area contributed by atoms with Crippen LogP contribution in [-0.2, 0) is 16.4 Å². The topological polar surface area (TPSA) is 115 Å². The first kappa shape index (κ1) is 16.8. The smallest absolute Gasteiger partial charge is 0.269 e. The van der Waals surface area contributed by atoms with Crippen LogP contribution >= 0.6 is 0 Å². The average molecular weight is 358 g/mol. The van der Waals surface area contributed by atoms with Gasteiger partial charge in [-0.3, -0.25) is 10.1 Å². The number of non-ortho nitro benzene ring substituents is 1. The summed E-state index contributed by atoms with van der Waals surface area (Å²) >= 11 is 0. The largest absolute Gasteiger partial charge is 0.365 e. The van der Waals surface area contributed by atoms with Gasteiger partial charge >= 0.3 is 0 Å². The van der Waals surface area contributed by atoms with E-state index < -0.39 is 14.8 Å². The molecule has 0 saturated carbocycles. The highest BCUT2D eigenvalue weighted by Gasteiger charge is 2.11. The van der Waals surface area contributed by atoms with Crippen molar-refractivity contribution in [3.8, 4) is 0 Å². The number of hydrogen-bond donors (Lipinski definition) is 1. The third-order valence-corrected chi connectivity index (χ3v) is 4.73. The number of nitro groups is 1. The molecule has 3 aromatic rings. The molecule has 1 N–H and O–H groups in total. The van der Waals surface area contributed by atoms with Crippen LogP contribution in [0, 0.1) is 10.1 Å². The molecule has 0 atom stereocenters. The summed E-state index contributed by atoms with van der Waals surface area (Å²) in [4.78, 5) is 18.8. The van der Waals surface area contributed by atoms with Gasteiger partial charge in [0.05, 0.1) is 15.3 Å². The summed E-state index contributed by atoms with van der Waals surface area (Å²) in [5.41, 5.74) is 1.32.